The number of nitrogens with zero attached hydrogens (tertiary/aromatic N) is 1. The van der Waals surface area contributed by atoms with Crippen LogP contribution in [0.25, 0.3) is 22.2 Å². The predicted molar refractivity (Wildman–Crippen MR) is 87.7 cm³/mol. The summed E-state index contributed by atoms with van der Waals surface area (Å²) in [6.45, 7) is 0.908. The van der Waals surface area contributed by atoms with Crippen LogP contribution in [-0.4, -0.2) is 31.1 Å². The van der Waals surface area contributed by atoms with Crippen LogP contribution in [0.3, 0.4) is 0 Å². The van der Waals surface area contributed by atoms with Crippen molar-refractivity contribution in [3.05, 3.63) is 54.1 Å². The summed E-state index contributed by atoms with van der Waals surface area (Å²) in [5, 5.41) is 1.29. The second kappa shape index (κ2) is 5.62. The summed E-state index contributed by atoms with van der Waals surface area (Å²) in [6.07, 6.45) is 0. The molecule has 3 aromatic rings. The molecule has 21 heavy (non-hydrogen) atoms. The fourth-order valence-corrected chi connectivity index (χ4v) is 2.68. The molecule has 108 valence electrons. The molecule has 0 aliphatic rings. The molecule has 3 heteroatoms. The number of nitrogens with one attached hydrogen (secondary N) is 1. The van der Waals surface area contributed by atoms with Crippen molar-refractivity contribution in [2.24, 2.45) is 0 Å². The number of para-hydroxylation sites is 1. The first kappa shape index (κ1) is 13.7. The molecule has 0 aliphatic heterocycles. The van der Waals surface area contributed by atoms with Crippen LogP contribution in [0.5, 0.6) is 5.75 Å². The Morgan fingerprint density at radius 2 is 1.71 bits per heavy atom. The van der Waals surface area contributed by atoms with E-state index in [4.69, 9.17) is 4.74 Å². The number of aromatic amines is 1. The molecule has 0 saturated heterocycles. The molecule has 0 unspecified atom stereocenters. The molecular formula is C18H20N2O. The van der Waals surface area contributed by atoms with E-state index in [-0.39, 0.29) is 0 Å². The third-order valence-corrected chi connectivity index (χ3v) is 3.67. The first-order chi connectivity index (χ1) is 10.2. The summed E-state index contributed by atoms with van der Waals surface area (Å²) in [5.41, 5.74) is 4.89. The molecule has 0 atom stereocenters. The number of fused-ring (bicyclic) bond motifs is 1. The zero-order valence-corrected chi connectivity index (χ0v) is 12.7. The fraction of sp³-hybridized carbons (Fsp3) is 0.222. The van der Waals surface area contributed by atoms with Gasteiger partial charge in [0.1, 0.15) is 5.75 Å². The number of ether oxygens (including phenoxy) is 1. The van der Waals surface area contributed by atoms with Gasteiger partial charge in [0.25, 0.3) is 0 Å². The Hall–Kier alpha value is -2.26. The van der Waals surface area contributed by atoms with Crippen molar-refractivity contribution in [2.75, 3.05) is 21.2 Å². The average Bonchev–Trinajstić information content (AvgIpc) is 2.86. The molecule has 3 rings (SSSR count). The smallest absolute Gasteiger partial charge is 0.118 e. The summed E-state index contributed by atoms with van der Waals surface area (Å²) in [4.78, 5) is 5.75. The van der Waals surface area contributed by atoms with Crippen LogP contribution in [0.15, 0.2) is 48.5 Å². The average molecular weight is 280 g/mol. The fourth-order valence-electron chi connectivity index (χ4n) is 2.68. The number of H-pyrrole nitrogens is 1. The van der Waals surface area contributed by atoms with Gasteiger partial charge in [-0.1, -0.05) is 18.2 Å². The van der Waals surface area contributed by atoms with Gasteiger partial charge in [-0.2, -0.15) is 0 Å². The monoisotopic (exact) mass is 280 g/mol. The quantitative estimate of drug-likeness (QED) is 0.785. The van der Waals surface area contributed by atoms with E-state index in [0.717, 1.165) is 12.3 Å². The van der Waals surface area contributed by atoms with E-state index in [2.05, 4.69) is 60.4 Å². The van der Waals surface area contributed by atoms with Crippen LogP contribution in [0, 0.1) is 0 Å². The number of hydrogen-bond acceptors (Lipinski definition) is 2. The molecule has 0 spiro atoms. The standard InChI is InChI=1S/C18H20N2O/c1-20(2)12-16-15-6-4-5-7-17(15)19-18(16)13-8-10-14(21-3)11-9-13/h4-11,19H,12H2,1-3H3. The molecule has 2 aromatic carbocycles. The first-order valence-corrected chi connectivity index (χ1v) is 7.08. The minimum absolute atomic E-state index is 0.879. The number of rotatable bonds is 4. The maximum atomic E-state index is 5.24. The van der Waals surface area contributed by atoms with Gasteiger partial charge in [-0.05, 0) is 55.6 Å². The Morgan fingerprint density at radius 3 is 2.38 bits per heavy atom. The predicted octanol–water partition coefficient (Wildman–Crippen LogP) is 3.91. The van der Waals surface area contributed by atoms with Crippen molar-refractivity contribution in [2.45, 2.75) is 6.54 Å². The molecule has 1 N–H and O–H groups in total. The number of aromatic nitrogens is 1. The van der Waals surface area contributed by atoms with E-state index in [9.17, 15) is 0 Å². The van der Waals surface area contributed by atoms with E-state index in [1.54, 1.807) is 7.11 Å². The Bertz CT molecular complexity index is 742. The summed E-state index contributed by atoms with van der Waals surface area (Å²) in [6, 6.07) is 16.7. The van der Waals surface area contributed by atoms with Crippen LogP contribution in [0.2, 0.25) is 0 Å². The van der Waals surface area contributed by atoms with Crippen LogP contribution in [0.4, 0.5) is 0 Å². The van der Waals surface area contributed by atoms with Crippen LogP contribution in [-0.2, 0) is 6.54 Å². The van der Waals surface area contributed by atoms with Gasteiger partial charge in [-0.25, -0.2) is 0 Å². The van der Waals surface area contributed by atoms with Crippen molar-refractivity contribution < 1.29 is 4.74 Å². The zero-order valence-electron chi connectivity index (χ0n) is 12.7. The van der Waals surface area contributed by atoms with Crippen molar-refractivity contribution in [1.82, 2.24) is 9.88 Å². The lowest BCUT2D eigenvalue weighted by Gasteiger charge is -2.11. The summed E-state index contributed by atoms with van der Waals surface area (Å²) in [7, 11) is 5.88. The topological polar surface area (TPSA) is 28.3 Å². The van der Waals surface area contributed by atoms with Gasteiger partial charge >= 0.3 is 0 Å². The molecule has 1 aromatic heterocycles. The Kier molecular flexibility index (Phi) is 3.67. The molecule has 1 heterocycles. The van der Waals surface area contributed by atoms with E-state index in [0.29, 0.717) is 0 Å². The third kappa shape index (κ3) is 2.65. The molecule has 0 bridgehead atoms. The number of hydrogen-bond donors (Lipinski definition) is 1. The van der Waals surface area contributed by atoms with E-state index >= 15 is 0 Å². The van der Waals surface area contributed by atoms with Crippen molar-refractivity contribution in [3.8, 4) is 17.0 Å². The van der Waals surface area contributed by atoms with Gasteiger partial charge in [-0.3, -0.25) is 0 Å². The summed E-state index contributed by atoms with van der Waals surface area (Å²) >= 11 is 0. The van der Waals surface area contributed by atoms with E-state index in [1.165, 1.54) is 27.7 Å². The van der Waals surface area contributed by atoms with Gasteiger partial charge < -0.3 is 14.6 Å². The zero-order chi connectivity index (χ0) is 14.8. The highest BCUT2D eigenvalue weighted by Gasteiger charge is 2.13. The number of methoxy groups -OCH3 is 1. The molecule has 0 fully saturated rings. The lowest BCUT2D eigenvalue weighted by molar-refractivity contribution is 0.404. The molecule has 3 nitrogen and oxygen atoms in total. The Morgan fingerprint density at radius 1 is 1.00 bits per heavy atom. The van der Waals surface area contributed by atoms with Crippen LogP contribution in [0.1, 0.15) is 5.56 Å². The van der Waals surface area contributed by atoms with Gasteiger partial charge in [0.05, 0.1) is 12.8 Å². The van der Waals surface area contributed by atoms with E-state index < -0.39 is 0 Å². The van der Waals surface area contributed by atoms with Crippen molar-refractivity contribution in [3.63, 3.8) is 0 Å². The highest BCUT2D eigenvalue weighted by molar-refractivity contribution is 5.90. The van der Waals surface area contributed by atoms with Crippen molar-refractivity contribution >= 4 is 10.9 Å². The Balaban J connectivity index is 2.15. The molecule has 0 amide bonds. The molecule has 0 radical (unpaired) electrons. The minimum Gasteiger partial charge on any atom is -0.497 e. The number of benzene rings is 2. The summed E-state index contributed by atoms with van der Waals surface area (Å²) < 4.78 is 5.24. The van der Waals surface area contributed by atoms with Gasteiger partial charge in [0.15, 0.2) is 0 Å². The third-order valence-electron chi connectivity index (χ3n) is 3.67. The SMILES string of the molecule is COc1ccc(-c2[nH]c3ccccc3c2CN(C)C)cc1. The largest absolute Gasteiger partial charge is 0.497 e. The first-order valence-electron chi connectivity index (χ1n) is 7.08. The second-order valence-electron chi connectivity index (χ2n) is 5.49. The lowest BCUT2D eigenvalue weighted by Crippen LogP contribution is -2.11. The Labute approximate surface area is 125 Å². The summed E-state index contributed by atoms with van der Waals surface area (Å²) in [5.74, 6) is 0.879. The van der Waals surface area contributed by atoms with Crippen molar-refractivity contribution in [1.29, 1.82) is 0 Å². The molecule has 0 saturated carbocycles. The van der Waals surface area contributed by atoms with Crippen LogP contribution < -0.4 is 4.74 Å². The van der Waals surface area contributed by atoms with Gasteiger partial charge in [0.2, 0.25) is 0 Å². The van der Waals surface area contributed by atoms with E-state index in [1.807, 2.05) is 12.1 Å². The lowest BCUT2D eigenvalue weighted by atomic mass is 10.0. The van der Waals surface area contributed by atoms with Crippen LogP contribution >= 0.6 is 0 Å². The molecular weight excluding hydrogens is 260 g/mol. The van der Waals surface area contributed by atoms with Gasteiger partial charge in [0, 0.05) is 17.4 Å². The highest BCUT2D eigenvalue weighted by Crippen LogP contribution is 2.31. The highest BCUT2D eigenvalue weighted by atomic mass is 16.5. The normalized spacial score (nSPS) is 11.2. The minimum atomic E-state index is 0.879. The van der Waals surface area contributed by atoms with Gasteiger partial charge in [-0.15, -0.1) is 0 Å². The second-order valence-corrected chi connectivity index (χ2v) is 5.49. The maximum Gasteiger partial charge on any atom is 0.118 e. The molecule has 0 aliphatic carbocycles. The maximum absolute atomic E-state index is 5.24.